The van der Waals surface area contributed by atoms with E-state index in [1.54, 1.807) is 29.5 Å². The first-order chi connectivity index (χ1) is 12.1. The van der Waals surface area contributed by atoms with Crippen LogP contribution in [0.5, 0.6) is 0 Å². The van der Waals surface area contributed by atoms with E-state index < -0.39 is 0 Å². The lowest BCUT2D eigenvalue weighted by Gasteiger charge is -2.34. The van der Waals surface area contributed by atoms with Gasteiger partial charge < -0.3 is 4.90 Å². The fourth-order valence-electron chi connectivity index (χ4n) is 3.10. The molecule has 2 heterocycles. The van der Waals surface area contributed by atoms with Gasteiger partial charge in [0.2, 0.25) is 0 Å². The van der Waals surface area contributed by atoms with Crippen molar-refractivity contribution >= 4 is 40.4 Å². The second kappa shape index (κ2) is 7.23. The number of hydrogen-bond donors (Lipinski definition) is 0. The largest absolute Gasteiger partial charge is 0.336 e. The van der Waals surface area contributed by atoms with E-state index in [2.05, 4.69) is 10.3 Å². The van der Waals surface area contributed by atoms with Gasteiger partial charge in [0.15, 0.2) is 0 Å². The number of hydrogen-bond acceptors (Lipinski definition) is 4. The van der Waals surface area contributed by atoms with E-state index in [1.807, 2.05) is 4.90 Å². The van der Waals surface area contributed by atoms with Crippen molar-refractivity contribution in [2.45, 2.75) is 25.3 Å². The number of amides is 1. The van der Waals surface area contributed by atoms with Crippen LogP contribution >= 0.6 is 34.5 Å². The lowest BCUT2D eigenvalue weighted by atomic mass is 10.2. The number of piperazine rings is 1. The topological polar surface area (TPSA) is 36.4 Å². The quantitative estimate of drug-likeness (QED) is 0.774. The molecule has 1 aliphatic heterocycles. The first-order valence-electron chi connectivity index (χ1n) is 8.51. The van der Waals surface area contributed by atoms with Crippen LogP contribution in [-0.4, -0.2) is 46.9 Å². The molecule has 0 spiro atoms. The van der Waals surface area contributed by atoms with Gasteiger partial charge in [0.25, 0.3) is 5.91 Å². The molecular formula is C18H19Cl2N3OS. The van der Waals surface area contributed by atoms with Crippen molar-refractivity contribution in [1.82, 2.24) is 14.8 Å². The van der Waals surface area contributed by atoms with Crippen molar-refractivity contribution in [2.75, 3.05) is 26.2 Å². The molecule has 0 unspecified atom stereocenters. The molecule has 2 aromatic rings. The number of carbonyl (C=O) groups excluding carboxylic acids is 1. The zero-order chi connectivity index (χ0) is 17.4. The lowest BCUT2D eigenvalue weighted by Crippen LogP contribution is -2.48. The second-order valence-corrected chi connectivity index (χ2v) is 8.42. The van der Waals surface area contributed by atoms with Crippen molar-refractivity contribution < 1.29 is 4.79 Å². The summed E-state index contributed by atoms with van der Waals surface area (Å²) in [5.74, 6) is 0.690. The van der Waals surface area contributed by atoms with Gasteiger partial charge in [-0.3, -0.25) is 9.69 Å². The van der Waals surface area contributed by atoms with Crippen LogP contribution in [0.2, 0.25) is 10.0 Å². The zero-order valence-corrected chi connectivity index (χ0v) is 16.1. The predicted octanol–water partition coefficient (Wildman–Crippen LogP) is 4.29. The van der Waals surface area contributed by atoms with Crippen LogP contribution in [-0.2, 0) is 6.54 Å². The highest BCUT2D eigenvalue weighted by Crippen LogP contribution is 2.40. The lowest BCUT2D eigenvalue weighted by molar-refractivity contribution is 0.0628. The summed E-state index contributed by atoms with van der Waals surface area (Å²) in [4.78, 5) is 21.6. The maximum atomic E-state index is 12.7. The molecule has 1 amide bonds. The van der Waals surface area contributed by atoms with E-state index >= 15 is 0 Å². The zero-order valence-electron chi connectivity index (χ0n) is 13.8. The molecule has 0 N–H and O–H groups in total. The summed E-state index contributed by atoms with van der Waals surface area (Å²) in [7, 11) is 0. The fourth-order valence-corrected chi connectivity index (χ4v) is 4.50. The number of aromatic nitrogens is 1. The molecule has 1 saturated carbocycles. The van der Waals surface area contributed by atoms with Gasteiger partial charge >= 0.3 is 0 Å². The van der Waals surface area contributed by atoms with E-state index in [-0.39, 0.29) is 5.91 Å². The van der Waals surface area contributed by atoms with E-state index in [4.69, 9.17) is 28.2 Å². The Kier molecular flexibility index (Phi) is 5.00. The minimum atomic E-state index is -0.0217. The molecule has 25 heavy (non-hydrogen) atoms. The van der Waals surface area contributed by atoms with Crippen LogP contribution in [0.15, 0.2) is 23.6 Å². The molecule has 1 aromatic heterocycles. The molecule has 4 rings (SSSR count). The van der Waals surface area contributed by atoms with Gasteiger partial charge in [0.1, 0.15) is 5.01 Å². The Labute approximate surface area is 161 Å². The van der Waals surface area contributed by atoms with Crippen molar-refractivity contribution in [3.05, 3.63) is 49.9 Å². The maximum Gasteiger partial charge on any atom is 0.255 e. The maximum absolute atomic E-state index is 12.7. The highest BCUT2D eigenvalue weighted by molar-refractivity contribution is 7.09. The van der Waals surface area contributed by atoms with Gasteiger partial charge in [-0.25, -0.2) is 4.98 Å². The van der Waals surface area contributed by atoms with Gasteiger partial charge in [-0.2, -0.15) is 0 Å². The molecule has 7 heteroatoms. The van der Waals surface area contributed by atoms with Crippen LogP contribution in [0, 0.1) is 0 Å². The highest BCUT2D eigenvalue weighted by atomic mass is 35.5. The Hall–Kier alpha value is -1.14. The van der Waals surface area contributed by atoms with Crippen molar-refractivity contribution in [3.63, 3.8) is 0 Å². The van der Waals surface area contributed by atoms with Crippen LogP contribution in [0.4, 0.5) is 0 Å². The summed E-state index contributed by atoms with van der Waals surface area (Å²) < 4.78 is 0. The molecule has 1 aliphatic carbocycles. The molecule has 1 aromatic carbocycles. The average Bonchev–Trinajstić information content (AvgIpc) is 3.35. The minimum absolute atomic E-state index is 0.0217. The number of benzene rings is 1. The Balaban J connectivity index is 1.33. The van der Waals surface area contributed by atoms with Gasteiger partial charge in [0.05, 0.1) is 22.8 Å². The number of nitrogens with zero attached hydrogens (tertiary/aromatic N) is 3. The third-order valence-corrected chi connectivity index (χ3v) is 6.14. The summed E-state index contributed by atoms with van der Waals surface area (Å²) in [5.41, 5.74) is 1.79. The first-order valence-corrected chi connectivity index (χ1v) is 10.1. The Morgan fingerprint density at radius 2 is 1.96 bits per heavy atom. The van der Waals surface area contributed by atoms with Gasteiger partial charge in [-0.05, 0) is 31.0 Å². The Bertz CT molecular complexity index is 782. The molecule has 0 radical (unpaired) electrons. The number of thiazole rings is 1. The van der Waals surface area contributed by atoms with Crippen LogP contribution < -0.4 is 0 Å². The summed E-state index contributed by atoms with van der Waals surface area (Å²) in [6, 6.07) is 5.03. The normalized spacial score (nSPS) is 18.6. The van der Waals surface area contributed by atoms with Gasteiger partial charge in [-0.15, -0.1) is 11.3 Å². The monoisotopic (exact) mass is 395 g/mol. The van der Waals surface area contributed by atoms with Crippen molar-refractivity contribution in [3.8, 4) is 0 Å². The Morgan fingerprint density at radius 1 is 1.20 bits per heavy atom. The van der Waals surface area contributed by atoms with Crippen molar-refractivity contribution in [1.29, 1.82) is 0 Å². The standard InChI is InChI=1S/C18H19Cl2N3OS/c19-13-3-4-14(15(20)9-13)18(24)23-7-5-22(6-8-23)10-17-21-16(11-25-17)12-1-2-12/h3-4,9,11-12H,1-2,5-8,10H2. The smallest absolute Gasteiger partial charge is 0.255 e. The average molecular weight is 396 g/mol. The third-order valence-electron chi connectivity index (χ3n) is 4.75. The Morgan fingerprint density at radius 3 is 2.64 bits per heavy atom. The highest BCUT2D eigenvalue weighted by Gasteiger charge is 2.27. The molecule has 1 saturated heterocycles. The van der Waals surface area contributed by atoms with E-state index in [9.17, 15) is 4.79 Å². The molecular weight excluding hydrogens is 377 g/mol. The molecule has 2 aliphatic rings. The number of carbonyl (C=O) groups is 1. The fraction of sp³-hybridized carbons (Fsp3) is 0.444. The van der Waals surface area contributed by atoms with Crippen LogP contribution in [0.1, 0.15) is 39.8 Å². The van der Waals surface area contributed by atoms with E-state index in [1.165, 1.54) is 23.5 Å². The molecule has 2 fully saturated rings. The van der Waals surface area contributed by atoms with Gasteiger partial charge in [0, 0.05) is 42.5 Å². The van der Waals surface area contributed by atoms with Gasteiger partial charge in [-0.1, -0.05) is 23.2 Å². The van der Waals surface area contributed by atoms with Crippen molar-refractivity contribution in [2.24, 2.45) is 0 Å². The molecule has 0 atom stereocenters. The van der Waals surface area contributed by atoms with Crippen LogP contribution in [0.25, 0.3) is 0 Å². The number of halogens is 2. The summed E-state index contributed by atoms with van der Waals surface area (Å²) in [6.07, 6.45) is 2.58. The molecule has 0 bridgehead atoms. The first kappa shape index (κ1) is 17.3. The molecule has 132 valence electrons. The third kappa shape index (κ3) is 4.00. The SMILES string of the molecule is O=C(c1ccc(Cl)cc1Cl)N1CCN(Cc2nc(C3CC3)cs2)CC1. The second-order valence-electron chi connectivity index (χ2n) is 6.63. The summed E-state index contributed by atoms with van der Waals surface area (Å²) in [5, 5.41) is 4.34. The summed E-state index contributed by atoms with van der Waals surface area (Å²) in [6.45, 7) is 4.00. The van der Waals surface area contributed by atoms with E-state index in [0.29, 0.717) is 34.6 Å². The van der Waals surface area contributed by atoms with Crippen LogP contribution in [0.3, 0.4) is 0 Å². The minimum Gasteiger partial charge on any atom is -0.336 e. The molecule has 4 nitrogen and oxygen atoms in total. The summed E-state index contributed by atoms with van der Waals surface area (Å²) >= 11 is 13.8. The number of rotatable bonds is 4. The predicted molar refractivity (Wildman–Crippen MR) is 102 cm³/mol. The van der Waals surface area contributed by atoms with E-state index in [0.717, 1.165) is 19.6 Å².